The Morgan fingerprint density at radius 3 is 2.62 bits per heavy atom. The molecule has 29 heavy (non-hydrogen) atoms. The number of rotatable bonds is 7. The van der Waals surface area contributed by atoms with Gasteiger partial charge in [-0.05, 0) is 49.2 Å². The predicted octanol–water partition coefficient (Wildman–Crippen LogP) is 4.19. The minimum atomic E-state index is 0.0587. The number of hydrogen-bond acceptors (Lipinski definition) is 3. The van der Waals surface area contributed by atoms with E-state index in [0.29, 0.717) is 19.4 Å². The van der Waals surface area contributed by atoms with Crippen molar-refractivity contribution in [2.45, 2.75) is 51.6 Å². The van der Waals surface area contributed by atoms with Crippen molar-refractivity contribution in [3.05, 3.63) is 65.5 Å². The number of aryl methyl sites for hydroxylation is 1. The lowest BCUT2D eigenvalue weighted by Gasteiger charge is -2.20. The molecular weight excluding hydrogens is 360 g/mol. The van der Waals surface area contributed by atoms with E-state index in [1.165, 1.54) is 44.3 Å². The van der Waals surface area contributed by atoms with Gasteiger partial charge in [0.15, 0.2) is 0 Å². The van der Waals surface area contributed by atoms with Crippen LogP contribution in [0.1, 0.15) is 49.1 Å². The highest BCUT2D eigenvalue weighted by atomic mass is 16.1. The highest BCUT2D eigenvalue weighted by Gasteiger charge is 2.10. The molecule has 4 rings (SSSR count). The number of likely N-dealkylation sites (tertiary alicyclic amines) is 1. The highest BCUT2D eigenvalue weighted by Crippen LogP contribution is 2.15. The summed E-state index contributed by atoms with van der Waals surface area (Å²) in [7, 11) is 0. The molecule has 5 nitrogen and oxygen atoms in total. The first-order valence-corrected chi connectivity index (χ1v) is 10.8. The Balaban J connectivity index is 1.25. The summed E-state index contributed by atoms with van der Waals surface area (Å²) >= 11 is 0. The molecular formula is C24H30N4O. The number of fused-ring (bicyclic) bond motifs is 1. The normalized spacial score (nSPS) is 15.3. The zero-order valence-electron chi connectivity index (χ0n) is 17.0. The number of H-pyrrole nitrogens is 1. The van der Waals surface area contributed by atoms with Gasteiger partial charge in [0.1, 0.15) is 5.82 Å². The summed E-state index contributed by atoms with van der Waals surface area (Å²) in [6.07, 6.45) is 6.39. The van der Waals surface area contributed by atoms with Crippen molar-refractivity contribution in [3.63, 3.8) is 0 Å². The van der Waals surface area contributed by atoms with Gasteiger partial charge in [0.25, 0.3) is 0 Å². The lowest BCUT2D eigenvalue weighted by molar-refractivity contribution is -0.121. The minimum absolute atomic E-state index is 0.0587. The zero-order valence-corrected chi connectivity index (χ0v) is 17.0. The van der Waals surface area contributed by atoms with Gasteiger partial charge < -0.3 is 10.3 Å². The fraction of sp³-hybridized carbons (Fsp3) is 0.417. The van der Waals surface area contributed by atoms with Crippen LogP contribution in [0.5, 0.6) is 0 Å². The molecule has 3 aromatic rings. The van der Waals surface area contributed by atoms with Crippen LogP contribution in [-0.4, -0.2) is 33.9 Å². The van der Waals surface area contributed by atoms with E-state index in [1.807, 2.05) is 24.3 Å². The van der Waals surface area contributed by atoms with Crippen LogP contribution in [0.15, 0.2) is 48.5 Å². The van der Waals surface area contributed by atoms with Crippen LogP contribution >= 0.6 is 0 Å². The Morgan fingerprint density at radius 1 is 1.00 bits per heavy atom. The van der Waals surface area contributed by atoms with E-state index in [-0.39, 0.29) is 5.91 Å². The Labute approximate surface area is 172 Å². The van der Waals surface area contributed by atoms with Crippen LogP contribution < -0.4 is 5.32 Å². The molecule has 1 aromatic heterocycles. The van der Waals surface area contributed by atoms with Crippen LogP contribution in [0.3, 0.4) is 0 Å². The van der Waals surface area contributed by atoms with E-state index < -0.39 is 0 Å². The van der Waals surface area contributed by atoms with Gasteiger partial charge in [0, 0.05) is 25.9 Å². The van der Waals surface area contributed by atoms with Crippen LogP contribution in [0.25, 0.3) is 11.0 Å². The first-order valence-electron chi connectivity index (χ1n) is 10.8. The van der Waals surface area contributed by atoms with Gasteiger partial charge >= 0.3 is 0 Å². The fourth-order valence-electron chi connectivity index (χ4n) is 4.04. The number of aromatic amines is 1. The smallest absolute Gasteiger partial charge is 0.220 e. The number of amides is 1. The monoisotopic (exact) mass is 390 g/mol. The van der Waals surface area contributed by atoms with E-state index in [9.17, 15) is 4.79 Å². The number of carbonyl (C=O) groups excluding carboxylic acids is 1. The molecule has 152 valence electrons. The number of aromatic nitrogens is 2. The van der Waals surface area contributed by atoms with Crippen molar-refractivity contribution in [2.75, 3.05) is 13.1 Å². The molecule has 0 unspecified atom stereocenters. The maximum Gasteiger partial charge on any atom is 0.220 e. The van der Waals surface area contributed by atoms with Gasteiger partial charge in [-0.2, -0.15) is 0 Å². The molecule has 0 saturated carbocycles. The number of hydrogen-bond donors (Lipinski definition) is 2. The molecule has 1 aliphatic heterocycles. The van der Waals surface area contributed by atoms with Crippen molar-refractivity contribution in [1.82, 2.24) is 20.2 Å². The van der Waals surface area contributed by atoms with Gasteiger partial charge in [-0.3, -0.25) is 9.69 Å². The van der Waals surface area contributed by atoms with Crippen molar-refractivity contribution < 1.29 is 4.79 Å². The summed E-state index contributed by atoms with van der Waals surface area (Å²) in [5.41, 5.74) is 4.46. The van der Waals surface area contributed by atoms with Gasteiger partial charge in [0.05, 0.1) is 11.0 Å². The second-order valence-corrected chi connectivity index (χ2v) is 7.99. The maximum absolute atomic E-state index is 12.3. The summed E-state index contributed by atoms with van der Waals surface area (Å²) in [5, 5.41) is 3.05. The fourth-order valence-corrected chi connectivity index (χ4v) is 4.04. The summed E-state index contributed by atoms with van der Waals surface area (Å²) in [4.78, 5) is 22.7. The Kier molecular flexibility index (Phi) is 6.57. The second kappa shape index (κ2) is 9.70. The van der Waals surface area contributed by atoms with Crippen molar-refractivity contribution in [3.8, 4) is 0 Å². The van der Waals surface area contributed by atoms with Gasteiger partial charge in [-0.25, -0.2) is 4.98 Å². The second-order valence-electron chi connectivity index (χ2n) is 7.99. The summed E-state index contributed by atoms with van der Waals surface area (Å²) in [5.74, 6) is 0.921. The Morgan fingerprint density at radius 2 is 1.79 bits per heavy atom. The average Bonchev–Trinajstić information content (AvgIpc) is 2.99. The van der Waals surface area contributed by atoms with E-state index in [4.69, 9.17) is 0 Å². The molecule has 0 radical (unpaired) electrons. The molecule has 1 saturated heterocycles. The number of para-hydroxylation sites is 2. The van der Waals surface area contributed by atoms with Gasteiger partial charge in [0.2, 0.25) is 5.91 Å². The minimum Gasteiger partial charge on any atom is -0.352 e. The highest BCUT2D eigenvalue weighted by molar-refractivity contribution is 5.77. The number of nitrogens with one attached hydrogen (secondary N) is 2. The summed E-state index contributed by atoms with van der Waals surface area (Å²) in [6.45, 7) is 3.98. The topological polar surface area (TPSA) is 61.0 Å². The Hall–Kier alpha value is -2.66. The predicted molar refractivity (Wildman–Crippen MR) is 116 cm³/mol. The lowest BCUT2D eigenvalue weighted by atomic mass is 10.1. The lowest BCUT2D eigenvalue weighted by Crippen LogP contribution is -2.25. The molecule has 1 fully saturated rings. The molecule has 5 heteroatoms. The van der Waals surface area contributed by atoms with Crippen molar-refractivity contribution >= 4 is 16.9 Å². The first kappa shape index (κ1) is 19.6. The third kappa shape index (κ3) is 5.67. The Bertz CT molecular complexity index is 908. The quantitative estimate of drug-likeness (QED) is 0.636. The van der Waals surface area contributed by atoms with Crippen LogP contribution in [0.4, 0.5) is 0 Å². The van der Waals surface area contributed by atoms with Gasteiger partial charge in [-0.1, -0.05) is 49.2 Å². The number of nitrogens with zero attached hydrogens (tertiary/aromatic N) is 2. The third-order valence-corrected chi connectivity index (χ3v) is 5.61. The molecule has 2 heterocycles. The van der Waals surface area contributed by atoms with E-state index >= 15 is 0 Å². The standard InChI is InChI=1S/C24H30N4O/c29-24(13-12-23-26-21-10-3-4-11-22(21)27-23)25-17-19-8-7-9-20(16-19)18-28-14-5-1-2-6-15-28/h3-4,7-11,16H,1-2,5-6,12-15,17-18H2,(H,25,29)(H,26,27). The average molecular weight is 391 g/mol. The molecule has 1 amide bonds. The van der Waals surface area contributed by atoms with E-state index in [0.717, 1.165) is 29.0 Å². The molecule has 0 spiro atoms. The first-order chi connectivity index (χ1) is 14.3. The van der Waals surface area contributed by atoms with Crippen LogP contribution in [0, 0.1) is 0 Å². The molecule has 2 aromatic carbocycles. The SMILES string of the molecule is O=C(CCc1nc2ccccc2[nH]1)NCc1cccc(CN2CCCCCC2)c1. The molecule has 0 atom stereocenters. The third-order valence-electron chi connectivity index (χ3n) is 5.61. The molecule has 1 aliphatic rings. The van der Waals surface area contributed by atoms with Crippen molar-refractivity contribution in [2.24, 2.45) is 0 Å². The van der Waals surface area contributed by atoms with Crippen LogP contribution in [0.2, 0.25) is 0 Å². The van der Waals surface area contributed by atoms with Crippen LogP contribution in [-0.2, 0) is 24.3 Å². The molecule has 0 bridgehead atoms. The summed E-state index contributed by atoms with van der Waals surface area (Å²) in [6, 6.07) is 16.5. The molecule has 2 N–H and O–H groups in total. The van der Waals surface area contributed by atoms with E-state index in [2.05, 4.69) is 44.5 Å². The zero-order chi connectivity index (χ0) is 19.9. The number of imidazole rings is 1. The van der Waals surface area contributed by atoms with Gasteiger partial charge in [-0.15, -0.1) is 0 Å². The summed E-state index contributed by atoms with van der Waals surface area (Å²) < 4.78 is 0. The van der Waals surface area contributed by atoms with Crippen molar-refractivity contribution in [1.29, 1.82) is 0 Å². The number of carbonyl (C=O) groups is 1. The largest absolute Gasteiger partial charge is 0.352 e. The van der Waals surface area contributed by atoms with E-state index in [1.54, 1.807) is 0 Å². The number of benzene rings is 2. The molecule has 0 aliphatic carbocycles. The maximum atomic E-state index is 12.3.